The van der Waals surface area contributed by atoms with E-state index in [2.05, 4.69) is 21.7 Å². The van der Waals surface area contributed by atoms with Crippen LogP contribution in [0, 0.1) is 11.3 Å². The highest BCUT2D eigenvalue weighted by atomic mass is 35.5. The van der Waals surface area contributed by atoms with Gasteiger partial charge in [-0.05, 0) is 25.1 Å². The predicted octanol–water partition coefficient (Wildman–Crippen LogP) is 7.38. The first-order chi connectivity index (χ1) is 28.8. The Labute approximate surface area is 365 Å². The number of aliphatic hydroxyl groups is 2. The third kappa shape index (κ3) is 13.1. The summed E-state index contributed by atoms with van der Waals surface area (Å²) in [5.41, 5.74) is 4.69. The molecule has 18 heteroatoms. The van der Waals surface area contributed by atoms with E-state index in [0.29, 0.717) is 72.1 Å². The number of nitrogens with zero attached hydrogens (tertiary/aromatic N) is 2. The number of pyridine rings is 1. The Morgan fingerprint density at radius 3 is 1.88 bits per heavy atom. The number of rotatable bonds is 19. The van der Waals surface area contributed by atoms with Crippen molar-refractivity contribution in [1.82, 2.24) is 15.6 Å². The highest BCUT2D eigenvalue weighted by Crippen LogP contribution is 2.40. The van der Waals surface area contributed by atoms with Gasteiger partial charge >= 0.3 is 5.97 Å². The number of aliphatic carboxylic acids is 1. The van der Waals surface area contributed by atoms with Crippen molar-refractivity contribution in [2.75, 3.05) is 13.2 Å². The number of carboxylic acid groups (broad SMARTS) is 2. The predicted molar refractivity (Wildman–Crippen MR) is 226 cm³/mol. The average Bonchev–Trinajstić information content (AvgIpc) is 3.23. The van der Waals surface area contributed by atoms with Gasteiger partial charge in [0.05, 0.1) is 38.9 Å². The number of carboxylic acids is 1. The van der Waals surface area contributed by atoms with Gasteiger partial charge in [-0.15, -0.1) is 0 Å². The Morgan fingerprint density at radius 1 is 0.783 bits per heavy atom. The van der Waals surface area contributed by atoms with Crippen LogP contribution in [0.4, 0.5) is 0 Å². The molecule has 0 saturated carbocycles. The van der Waals surface area contributed by atoms with Gasteiger partial charge in [0.15, 0.2) is 0 Å². The largest absolute Gasteiger partial charge is 0.507 e. The molecule has 0 aliphatic carbocycles. The second-order valence-corrected chi connectivity index (χ2v) is 14.5. The Balaban J connectivity index is 0.00000257. The number of phenols is 1. The summed E-state index contributed by atoms with van der Waals surface area (Å²) in [6, 6.07) is 19.5. The van der Waals surface area contributed by atoms with Crippen LogP contribution in [0.5, 0.6) is 23.0 Å². The minimum atomic E-state index is -1.23. The van der Waals surface area contributed by atoms with Crippen molar-refractivity contribution in [3.63, 3.8) is 0 Å². The first-order valence-electron chi connectivity index (χ1n) is 17.9. The van der Waals surface area contributed by atoms with E-state index in [4.69, 9.17) is 75.6 Å². The maximum Gasteiger partial charge on any atom is 0.323 e. The molecule has 14 nitrogen and oxygen atoms in total. The van der Waals surface area contributed by atoms with Crippen molar-refractivity contribution in [3.8, 4) is 40.2 Å². The van der Waals surface area contributed by atoms with Crippen molar-refractivity contribution >= 4 is 58.8 Å². The number of carbonyl (C=O) groups is 2. The van der Waals surface area contributed by atoms with Gasteiger partial charge in [-0.2, -0.15) is 5.26 Å². The molecular weight excluding hydrogens is 862 g/mol. The maximum absolute atomic E-state index is 11.2. The van der Waals surface area contributed by atoms with Crippen molar-refractivity contribution in [2.24, 2.45) is 0 Å². The molecule has 1 heterocycles. The number of hydrogen-bond donors (Lipinski definition) is 7. The van der Waals surface area contributed by atoms with Crippen LogP contribution in [-0.2, 0) is 42.5 Å². The van der Waals surface area contributed by atoms with Crippen LogP contribution in [0.1, 0.15) is 40.3 Å². The summed E-state index contributed by atoms with van der Waals surface area (Å²) in [6.45, 7) is 1.39. The number of aromatic nitrogens is 1. The minimum absolute atomic E-state index is 0.0109. The van der Waals surface area contributed by atoms with E-state index >= 15 is 0 Å². The fraction of sp³-hybridized carbons (Fsp3) is 0.238. The van der Waals surface area contributed by atoms with Crippen LogP contribution in [0.3, 0.4) is 0 Å². The lowest BCUT2D eigenvalue weighted by molar-refractivity contribution is -0.140. The number of ether oxygens (including phenoxy) is 3. The molecule has 5 aromatic rings. The van der Waals surface area contributed by atoms with Gasteiger partial charge in [-0.1, -0.05) is 82.8 Å². The molecule has 0 saturated heterocycles. The van der Waals surface area contributed by atoms with Crippen LogP contribution in [-0.4, -0.2) is 68.3 Å². The summed E-state index contributed by atoms with van der Waals surface area (Å²) < 4.78 is 18.3. The van der Waals surface area contributed by atoms with E-state index in [1.807, 2.05) is 31.2 Å². The second kappa shape index (κ2) is 23.4. The number of phenolic OH excluding ortho intramolecular Hbond substituents is 1. The lowest BCUT2D eigenvalue weighted by Gasteiger charge is -2.18. The van der Waals surface area contributed by atoms with Crippen molar-refractivity contribution in [1.29, 1.82) is 5.26 Å². The quantitative estimate of drug-likeness (QED) is 0.0402. The second-order valence-electron chi connectivity index (χ2n) is 12.9. The summed E-state index contributed by atoms with van der Waals surface area (Å²) in [7, 11) is 0. The zero-order valence-corrected chi connectivity index (χ0v) is 34.9. The monoisotopic (exact) mass is 900 g/mol. The van der Waals surface area contributed by atoms with Crippen LogP contribution in [0.25, 0.3) is 11.1 Å². The van der Waals surface area contributed by atoms with Crippen molar-refractivity contribution in [2.45, 2.75) is 51.9 Å². The van der Waals surface area contributed by atoms with Gasteiger partial charge in [-0.3, -0.25) is 19.9 Å². The molecule has 1 aromatic heterocycles. The molecule has 0 radical (unpaired) electrons. The molecule has 316 valence electrons. The molecule has 5 rings (SSSR count). The number of benzene rings is 4. The van der Waals surface area contributed by atoms with E-state index in [9.17, 15) is 25.4 Å². The molecule has 60 heavy (non-hydrogen) atoms. The van der Waals surface area contributed by atoms with Crippen LogP contribution in [0.2, 0.25) is 20.1 Å². The van der Waals surface area contributed by atoms with E-state index in [0.717, 1.165) is 5.56 Å². The summed E-state index contributed by atoms with van der Waals surface area (Å²) in [5, 5.41) is 61.8. The molecule has 0 bridgehead atoms. The molecule has 4 aromatic carbocycles. The minimum Gasteiger partial charge on any atom is -0.507 e. The third-order valence-corrected chi connectivity index (χ3v) is 10.2. The van der Waals surface area contributed by atoms with E-state index in [1.54, 1.807) is 36.5 Å². The van der Waals surface area contributed by atoms with Gasteiger partial charge in [-0.25, -0.2) is 0 Å². The molecule has 0 amide bonds. The fourth-order valence-corrected chi connectivity index (χ4v) is 6.55. The first kappa shape index (κ1) is 47.3. The third-order valence-electron chi connectivity index (χ3n) is 8.71. The Morgan fingerprint density at radius 2 is 1.33 bits per heavy atom. The molecule has 0 aliphatic rings. The van der Waals surface area contributed by atoms with Gasteiger partial charge in [0.25, 0.3) is 6.47 Å². The number of nitriles is 1. The van der Waals surface area contributed by atoms with Crippen LogP contribution in [0.15, 0.2) is 79.1 Å². The molecule has 0 fully saturated rings. The van der Waals surface area contributed by atoms with Gasteiger partial charge in [0, 0.05) is 82.6 Å². The number of aliphatic hydroxyl groups excluding tert-OH is 2. The molecular formula is C42H40Cl4N4O10. The Kier molecular flexibility index (Phi) is 18.5. The van der Waals surface area contributed by atoms with E-state index in [1.165, 1.54) is 18.3 Å². The van der Waals surface area contributed by atoms with Gasteiger partial charge < -0.3 is 45.1 Å². The fourth-order valence-electron chi connectivity index (χ4n) is 5.51. The number of nitrogens with one attached hydrogen (secondary N) is 2. The molecule has 0 aliphatic heterocycles. The first-order valence-corrected chi connectivity index (χ1v) is 19.5. The maximum atomic E-state index is 11.2. The van der Waals surface area contributed by atoms with Gasteiger partial charge in [0.1, 0.15) is 54.9 Å². The number of hydrogen-bond acceptors (Lipinski definition) is 12. The summed E-state index contributed by atoms with van der Waals surface area (Å²) in [6.07, 6.45) is 3.09. The normalized spacial score (nSPS) is 11.7. The summed E-state index contributed by atoms with van der Waals surface area (Å²) in [4.78, 5) is 23.7. The van der Waals surface area contributed by atoms with Crippen LogP contribution < -0.4 is 24.8 Å². The Hall–Kier alpha value is -5.34. The smallest absolute Gasteiger partial charge is 0.323 e. The van der Waals surface area contributed by atoms with Crippen molar-refractivity contribution < 1.29 is 49.3 Å². The Bertz CT molecular complexity index is 2310. The van der Waals surface area contributed by atoms with Crippen LogP contribution >= 0.6 is 46.4 Å². The van der Waals surface area contributed by atoms with Gasteiger partial charge in [0.2, 0.25) is 0 Å². The number of aromatic hydroxyl groups is 1. The molecule has 7 N–H and O–H groups in total. The SMILES string of the molecule is CC(CO)NCc1cc(Cl)c(OCc2cccc(-c3cccc(COc4cc(O)c(CNC(CO)C(=O)O)cc4Cl)c3Cl)c2Cl)cc1OCc1cncc(C#N)c1.O=CO. The highest BCUT2D eigenvalue weighted by Gasteiger charge is 2.19. The molecule has 0 spiro atoms. The lowest BCUT2D eigenvalue weighted by atomic mass is 10.0. The number of halogens is 4. The molecule has 2 atom stereocenters. The summed E-state index contributed by atoms with van der Waals surface area (Å²) in [5.74, 6) is -0.409. The zero-order chi connectivity index (χ0) is 43.8. The zero-order valence-electron chi connectivity index (χ0n) is 31.9. The average molecular weight is 903 g/mol. The lowest BCUT2D eigenvalue weighted by Crippen LogP contribution is -2.39. The standard InChI is InChI=1S/C41H38Cl4N4O8.CH2O2/c1-23(18-50)48-17-29-10-33(43)38(12-36(29)55-20-25-8-24(13-46)14-47-15-25)57-22-27-5-3-7-31(40(27)45)30-6-2-4-26(39(30)44)21-56-37-11-35(52)28(9-32(37)42)16-49-34(19-51)41(53)54;2-1-3/h2-12,14-15,23,34,48-52H,16-22H2,1H3,(H,53,54);1H,(H,2,3). The topological polar surface area (TPSA) is 224 Å². The highest BCUT2D eigenvalue weighted by molar-refractivity contribution is 6.37. The van der Waals surface area contributed by atoms with E-state index < -0.39 is 18.6 Å². The van der Waals surface area contributed by atoms with Crippen molar-refractivity contribution in [3.05, 3.63) is 133 Å². The van der Waals surface area contributed by atoms with E-state index in [-0.39, 0.29) is 62.0 Å². The summed E-state index contributed by atoms with van der Waals surface area (Å²) >= 11 is 27.0. The molecule has 2 unspecified atom stereocenters.